The Kier molecular flexibility index (Phi) is 4.77. The summed E-state index contributed by atoms with van der Waals surface area (Å²) in [6.45, 7) is 4.03. The molecule has 3 rings (SSSR count). The number of hydrogen-bond donors (Lipinski definition) is 1. The molecule has 0 spiro atoms. The number of hydrogen-bond acceptors (Lipinski definition) is 2. The van der Waals surface area contributed by atoms with E-state index in [9.17, 15) is 9.18 Å². The zero-order chi connectivity index (χ0) is 15.5. The predicted molar refractivity (Wildman–Crippen MR) is 86.1 cm³/mol. The van der Waals surface area contributed by atoms with Crippen molar-refractivity contribution in [1.82, 2.24) is 4.90 Å². The van der Waals surface area contributed by atoms with Gasteiger partial charge in [-0.05, 0) is 62.4 Å². The van der Waals surface area contributed by atoms with Crippen LogP contribution in [0.5, 0.6) is 0 Å². The lowest BCUT2D eigenvalue weighted by atomic mass is 9.75. The van der Waals surface area contributed by atoms with Gasteiger partial charge in [-0.1, -0.05) is 19.3 Å². The average molecular weight is 304 g/mol. The Hall–Kier alpha value is -1.42. The summed E-state index contributed by atoms with van der Waals surface area (Å²) in [5, 5.41) is 2.89. The van der Waals surface area contributed by atoms with E-state index in [4.69, 9.17) is 0 Å². The predicted octanol–water partition coefficient (Wildman–Crippen LogP) is 3.66. The first kappa shape index (κ1) is 15.5. The van der Waals surface area contributed by atoms with Crippen LogP contribution in [-0.4, -0.2) is 29.9 Å². The van der Waals surface area contributed by atoms with Crippen LogP contribution in [-0.2, 0) is 4.79 Å². The van der Waals surface area contributed by atoms with Crippen molar-refractivity contribution in [3.8, 4) is 0 Å². The second-order valence-electron chi connectivity index (χ2n) is 6.76. The minimum Gasteiger partial charge on any atom is -0.325 e. The Morgan fingerprint density at radius 1 is 1.18 bits per heavy atom. The van der Waals surface area contributed by atoms with Crippen LogP contribution < -0.4 is 5.32 Å². The summed E-state index contributed by atoms with van der Waals surface area (Å²) in [7, 11) is 0. The van der Waals surface area contributed by atoms with Gasteiger partial charge in [0.15, 0.2) is 0 Å². The molecule has 2 aliphatic rings. The summed E-state index contributed by atoms with van der Waals surface area (Å²) in [4.78, 5) is 14.7. The molecule has 1 aromatic rings. The molecule has 1 amide bonds. The smallest absolute Gasteiger partial charge is 0.241 e. The molecule has 0 bridgehead atoms. The van der Waals surface area contributed by atoms with Crippen LogP contribution in [0, 0.1) is 17.7 Å². The quantitative estimate of drug-likeness (QED) is 0.924. The Labute approximate surface area is 131 Å². The fourth-order valence-corrected chi connectivity index (χ4v) is 3.93. The van der Waals surface area contributed by atoms with Crippen molar-refractivity contribution in [2.75, 3.05) is 18.4 Å². The molecular weight excluding hydrogens is 279 g/mol. The average Bonchev–Trinajstić information content (AvgIpc) is 2.55. The summed E-state index contributed by atoms with van der Waals surface area (Å²) in [5.74, 6) is 1.35. The minimum absolute atomic E-state index is 0.000803. The molecule has 1 aliphatic heterocycles. The van der Waals surface area contributed by atoms with E-state index in [1.54, 1.807) is 12.1 Å². The molecule has 0 aromatic heterocycles. The van der Waals surface area contributed by atoms with Gasteiger partial charge >= 0.3 is 0 Å². The zero-order valence-electron chi connectivity index (χ0n) is 13.2. The first-order chi connectivity index (χ1) is 10.6. The summed E-state index contributed by atoms with van der Waals surface area (Å²) in [6.07, 6.45) is 6.62. The van der Waals surface area contributed by atoms with E-state index < -0.39 is 0 Å². The number of rotatable bonds is 3. The normalized spacial score (nSPS) is 27.0. The Bertz CT molecular complexity index is 516. The second-order valence-corrected chi connectivity index (χ2v) is 6.76. The van der Waals surface area contributed by atoms with Crippen LogP contribution in [0.2, 0.25) is 0 Å². The van der Waals surface area contributed by atoms with Crippen molar-refractivity contribution in [3.63, 3.8) is 0 Å². The van der Waals surface area contributed by atoms with E-state index >= 15 is 0 Å². The number of piperidine rings is 1. The number of carbonyl (C=O) groups excluding carboxylic acids is 1. The molecule has 1 aromatic carbocycles. The van der Waals surface area contributed by atoms with Gasteiger partial charge < -0.3 is 5.32 Å². The van der Waals surface area contributed by atoms with Crippen LogP contribution in [0.25, 0.3) is 0 Å². The van der Waals surface area contributed by atoms with Gasteiger partial charge in [0.05, 0.1) is 6.04 Å². The maximum absolute atomic E-state index is 12.9. The molecule has 1 saturated heterocycles. The van der Waals surface area contributed by atoms with Crippen molar-refractivity contribution in [2.24, 2.45) is 11.8 Å². The topological polar surface area (TPSA) is 32.3 Å². The second kappa shape index (κ2) is 6.78. The molecule has 3 nitrogen and oxygen atoms in total. The monoisotopic (exact) mass is 304 g/mol. The molecule has 1 N–H and O–H groups in total. The van der Waals surface area contributed by atoms with Crippen molar-refractivity contribution in [2.45, 2.75) is 45.1 Å². The third-order valence-electron chi connectivity index (χ3n) is 5.36. The van der Waals surface area contributed by atoms with Crippen LogP contribution in [0.3, 0.4) is 0 Å². The molecule has 2 fully saturated rings. The zero-order valence-corrected chi connectivity index (χ0v) is 13.2. The van der Waals surface area contributed by atoms with E-state index in [1.807, 2.05) is 6.92 Å². The summed E-state index contributed by atoms with van der Waals surface area (Å²) < 4.78 is 12.9. The van der Waals surface area contributed by atoms with Gasteiger partial charge in [0.25, 0.3) is 0 Å². The van der Waals surface area contributed by atoms with Crippen LogP contribution >= 0.6 is 0 Å². The molecule has 4 heteroatoms. The molecule has 0 unspecified atom stereocenters. The maximum Gasteiger partial charge on any atom is 0.241 e. The molecule has 1 aliphatic carbocycles. The Morgan fingerprint density at radius 2 is 1.86 bits per heavy atom. The molecule has 1 heterocycles. The number of anilines is 1. The molecule has 0 radical (unpaired) electrons. The largest absolute Gasteiger partial charge is 0.325 e. The van der Waals surface area contributed by atoms with Crippen molar-refractivity contribution < 1.29 is 9.18 Å². The van der Waals surface area contributed by atoms with E-state index in [-0.39, 0.29) is 17.8 Å². The standard InChI is InChI=1S/C18H25FN2O/c1-13(18(22)20-17-8-6-16(19)7-9-17)21-11-10-14-4-2-3-5-15(14)12-21/h6-9,13-15H,2-5,10-12H2,1H3,(H,20,22)/t13-,14+,15-/m1/s1. The maximum atomic E-state index is 12.9. The van der Waals surface area contributed by atoms with E-state index in [0.717, 1.165) is 24.9 Å². The highest BCUT2D eigenvalue weighted by molar-refractivity contribution is 5.94. The Balaban J connectivity index is 1.57. The third-order valence-corrected chi connectivity index (χ3v) is 5.36. The van der Waals surface area contributed by atoms with Gasteiger partial charge in [-0.2, -0.15) is 0 Å². The van der Waals surface area contributed by atoms with E-state index in [2.05, 4.69) is 10.2 Å². The lowest BCUT2D eigenvalue weighted by Crippen LogP contribution is -2.49. The minimum atomic E-state index is -0.287. The first-order valence-electron chi connectivity index (χ1n) is 8.44. The fourth-order valence-electron chi connectivity index (χ4n) is 3.93. The molecular formula is C18H25FN2O. The van der Waals surface area contributed by atoms with Crippen molar-refractivity contribution in [3.05, 3.63) is 30.1 Å². The third kappa shape index (κ3) is 3.49. The first-order valence-corrected chi connectivity index (χ1v) is 8.44. The lowest BCUT2D eigenvalue weighted by molar-refractivity contribution is -0.122. The van der Waals surface area contributed by atoms with E-state index in [0.29, 0.717) is 5.69 Å². The number of benzene rings is 1. The number of likely N-dealkylation sites (tertiary alicyclic amines) is 1. The number of nitrogens with zero attached hydrogens (tertiary/aromatic N) is 1. The summed E-state index contributed by atoms with van der Waals surface area (Å²) in [5.41, 5.74) is 0.658. The van der Waals surface area contributed by atoms with Crippen molar-refractivity contribution >= 4 is 11.6 Å². The van der Waals surface area contributed by atoms with Gasteiger partial charge in [0.1, 0.15) is 5.82 Å². The van der Waals surface area contributed by atoms with Gasteiger partial charge in [-0.25, -0.2) is 4.39 Å². The number of amides is 1. The Morgan fingerprint density at radius 3 is 2.59 bits per heavy atom. The van der Waals surface area contributed by atoms with Gasteiger partial charge in [0.2, 0.25) is 5.91 Å². The molecule has 1 saturated carbocycles. The molecule has 3 atom stereocenters. The fraction of sp³-hybridized carbons (Fsp3) is 0.611. The number of halogens is 1. The van der Waals surface area contributed by atoms with Gasteiger partial charge in [-0.3, -0.25) is 9.69 Å². The van der Waals surface area contributed by atoms with Crippen LogP contribution in [0.4, 0.5) is 10.1 Å². The highest BCUT2D eigenvalue weighted by atomic mass is 19.1. The van der Waals surface area contributed by atoms with Gasteiger partial charge in [-0.15, -0.1) is 0 Å². The summed E-state index contributed by atoms with van der Waals surface area (Å²) in [6, 6.07) is 5.82. The number of carbonyl (C=O) groups is 1. The van der Waals surface area contributed by atoms with Crippen LogP contribution in [0.15, 0.2) is 24.3 Å². The van der Waals surface area contributed by atoms with Crippen LogP contribution in [0.1, 0.15) is 39.0 Å². The lowest BCUT2D eigenvalue weighted by Gasteiger charge is -2.43. The highest BCUT2D eigenvalue weighted by Gasteiger charge is 2.34. The highest BCUT2D eigenvalue weighted by Crippen LogP contribution is 2.36. The van der Waals surface area contributed by atoms with Crippen molar-refractivity contribution in [1.29, 1.82) is 0 Å². The summed E-state index contributed by atoms with van der Waals surface area (Å²) >= 11 is 0. The molecule has 120 valence electrons. The SMILES string of the molecule is C[C@H](C(=O)Nc1ccc(F)cc1)N1CC[C@@H]2CCCC[C@@H]2C1. The number of fused-ring (bicyclic) bond motifs is 1. The molecule has 22 heavy (non-hydrogen) atoms. The number of nitrogens with one attached hydrogen (secondary N) is 1. The van der Waals surface area contributed by atoms with Gasteiger partial charge in [0, 0.05) is 12.2 Å². The van der Waals surface area contributed by atoms with E-state index in [1.165, 1.54) is 44.2 Å².